The second-order valence-corrected chi connectivity index (χ2v) is 6.24. The topological polar surface area (TPSA) is 84.4 Å². The Morgan fingerprint density at radius 2 is 1.88 bits per heavy atom. The van der Waals surface area contributed by atoms with E-state index in [2.05, 4.69) is 15.3 Å². The van der Waals surface area contributed by atoms with Crippen LogP contribution in [0.25, 0.3) is 0 Å². The van der Waals surface area contributed by atoms with Crippen LogP contribution in [0.2, 0.25) is 10.0 Å². The van der Waals surface area contributed by atoms with E-state index in [0.717, 1.165) is 5.56 Å². The molecule has 1 aromatic heterocycles. The van der Waals surface area contributed by atoms with Crippen molar-refractivity contribution in [1.29, 1.82) is 0 Å². The first-order valence-corrected chi connectivity index (χ1v) is 8.60. The number of carbonyl (C=O) groups is 2. The van der Waals surface area contributed by atoms with Crippen LogP contribution < -0.4 is 5.32 Å². The molecule has 2 amide bonds. The molecule has 138 valence electrons. The molecule has 1 heterocycles. The van der Waals surface area contributed by atoms with E-state index in [0.29, 0.717) is 22.9 Å². The summed E-state index contributed by atoms with van der Waals surface area (Å²) in [5, 5.41) is 3.37. The summed E-state index contributed by atoms with van der Waals surface area (Å²) >= 11 is 11.7. The lowest BCUT2D eigenvalue weighted by Crippen LogP contribution is -2.31. The van der Waals surface area contributed by atoms with Gasteiger partial charge in [-0.25, -0.2) is 14.8 Å². The summed E-state index contributed by atoms with van der Waals surface area (Å²) in [6.07, 6.45) is 2.89. The van der Waals surface area contributed by atoms with Gasteiger partial charge in [0.05, 0.1) is 24.0 Å². The zero-order valence-electron chi connectivity index (χ0n) is 14.1. The molecule has 0 saturated heterocycles. The SMILES string of the molecule is CN(CCOC(=O)Nc1ncc(Cl)cn1)C(=O)CCc1ccccc1Cl. The second kappa shape index (κ2) is 9.94. The van der Waals surface area contributed by atoms with Crippen molar-refractivity contribution in [3.8, 4) is 0 Å². The number of hydrogen-bond donors (Lipinski definition) is 1. The van der Waals surface area contributed by atoms with Gasteiger partial charge in [-0.1, -0.05) is 41.4 Å². The quantitative estimate of drug-likeness (QED) is 0.774. The van der Waals surface area contributed by atoms with Crippen molar-refractivity contribution in [3.63, 3.8) is 0 Å². The molecule has 0 aliphatic rings. The van der Waals surface area contributed by atoms with Crippen LogP contribution in [-0.2, 0) is 16.0 Å². The minimum atomic E-state index is -0.704. The molecule has 0 unspecified atom stereocenters. The molecule has 2 aromatic rings. The van der Waals surface area contributed by atoms with Gasteiger partial charge in [0, 0.05) is 18.5 Å². The lowest BCUT2D eigenvalue weighted by atomic mass is 10.1. The number of nitrogens with zero attached hydrogens (tertiary/aromatic N) is 3. The molecule has 26 heavy (non-hydrogen) atoms. The molecule has 1 aromatic carbocycles. The van der Waals surface area contributed by atoms with E-state index in [9.17, 15) is 9.59 Å². The highest BCUT2D eigenvalue weighted by molar-refractivity contribution is 6.31. The van der Waals surface area contributed by atoms with Crippen LogP contribution in [0.5, 0.6) is 0 Å². The second-order valence-electron chi connectivity index (χ2n) is 5.39. The number of amides is 2. The Bertz CT molecular complexity index is 756. The molecule has 0 bridgehead atoms. The molecule has 1 N–H and O–H groups in total. The van der Waals surface area contributed by atoms with E-state index in [1.165, 1.54) is 17.3 Å². The van der Waals surface area contributed by atoms with Gasteiger partial charge in [0.2, 0.25) is 11.9 Å². The van der Waals surface area contributed by atoms with Crippen molar-refractivity contribution in [1.82, 2.24) is 14.9 Å². The third-order valence-corrected chi connectivity index (χ3v) is 4.05. The summed E-state index contributed by atoms with van der Waals surface area (Å²) in [5.74, 6) is 0.0264. The average Bonchev–Trinajstić information content (AvgIpc) is 2.62. The number of benzene rings is 1. The van der Waals surface area contributed by atoms with Gasteiger partial charge in [-0.15, -0.1) is 0 Å². The fourth-order valence-corrected chi connectivity index (χ4v) is 2.37. The summed E-state index contributed by atoms with van der Waals surface area (Å²) in [7, 11) is 1.65. The van der Waals surface area contributed by atoms with Crippen LogP contribution in [0.4, 0.5) is 10.7 Å². The van der Waals surface area contributed by atoms with E-state index < -0.39 is 6.09 Å². The Hall–Kier alpha value is -2.38. The number of nitrogens with one attached hydrogen (secondary N) is 1. The monoisotopic (exact) mass is 396 g/mol. The fourth-order valence-electron chi connectivity index (χ4n) is 2.04. The third-order valence-electron chi connectivity index (χ3n) is 3.49. The molecular formula is C17H18Cl2N4O3. The fraction of sp³-hybridized carbons (Fsp3) is 0.294. The zero-order valence-corrected chi connectivity index (χ0v) is 15.6. The van der Waals surface area contributed by atoms with Crippen molar-refractivity contribution in [3.05, 3.63) is 52.3 Å². The molecule has 0 fully saturated rings. The molecule has 0 aliphatic heterocycles. The lowest BCUT2D eigenvalue weighted by molar-refractivity contribution is -0.130. The van der Waals surface area contributed by atoms with Crippen LogP contribution in [0.15, 0.2) is 36.7 Å². The summed E-state index contributed by atoms with van der Waals surface area (Å²) in [6, 6.07) is 7.41. The Kier molecular flexibility index (Phi) is 7.62. The normalized spacial score (nSPS) is 10.3. The summed E-state index contributed by atoms with van der Waals surface area (Å²) in [6.45, 7) is 0.323. The van der Waals surface area contributed by atoms with Gasteiger partial charge in [0.1, 0.15) is 6.61 Å². The van der Waals surface area contributed by atoms with Crippen LogP contribution in [-0.4, -0.2) is 47.1 Å². The zero-order chi connectivity index (χ0) is 18.9. The maximum absolute atomic E-state index is 12.1. The van der Waals surface area contributed by atoms with Crippen LogP contribution in [0.1, 0.15) is 12.0 Å². The largest absolute Gasteiger partial charge is 0.447 e. The molecule has 0 aliphatic carbocycles. The van der Waals surface area contributed by atoms with Gasteiger partial charge in [0.25, 0.3) is 0 Å². The molecular weight excluding hydrogens is 379 g/mol. The van der Waals surface area contributed by atoms with Crippen molar-refractivity contribution < 1.29 is 14.3 Å². The van der Waals surface area contributed by atoms with E-state index >= 15 is 0 Å². The number of carbonyl (C=O) groups excluding carboxylic acids is 2. The predicted molar refractivity (Wildman–Crippen MR) is 99.4 cm³/mol. The van der Waals surface area contributed by atoms with E-state index in [1.54, 1.807) is 13.1 Å². The minimum absolute atomic E-state index is 0.0494. The average molecular weight is 397 g/mol. The standard InChI is InChI=1S/C17H18Cl2N4O3/c1-23(15(24)7-6-12-4-2-3-5-14(12)19)8-9-26-17(25)22-16-20-10-13(18)11-21-16/h2-5,10-11H,6-9H2,1H3,(H,20,21,22,25). The number of aryl methyl sites for hydroxylation is 1. The molecule has 0 saturated carbocycles. The highest BCUT2D eigenvalue weighted by atomic mass is 35.5. The number of rotatable bonds is 7. The van der Waals surface area contributed by atoms with Crippen LogP contribution in [0, 0.1) is 0 Å². The first-order chi connectivity index (χ1) is 12.5. The van der Waals surface area contributed by atoms with E-state index in [4.69, 9.17) is 27.9 Å². The predicted octanol–water partition coefficient (Wildman–Crippen LogP) is 3.42. The maximum Gasteiger partial charge on any atom is 0.414 e. The van der Waals surface area contributed by atoms with Crippen molar-refractivity contribution in [2.45, 2.75) is 12.8 Å². The summed E-state index contributed by atoms with van der Waals surface area (Å²) in [5.41, 5.74) is 0.925. The third kappa shape index (κ3) is 6.50. The number of anilines is 1. The van der Waals surface area contributed by atoms with Crippen LogP contribution in [0.3, 0.4) is 0 Å². The van der Waals surface area contributed by atoms with E-state index in [1.807, 2.05) is 18.2 Å². The highest BCUT2D eigenvalue weighted by Gasteiger charge is 2.11. The van der Waals surface area contributed by atoms with Gasteiger partial charge < -0.3 is 9.64 Å². The maximum atomic E-state index is 12.1. The van der Waals surface area contributed by atoms with Gasteiger partial charge in [-0.2, -0.15) is 0 Å². The Morgan fingerprint density at radius 1 is 1.19 bits per heavy atom. The smallest absolute Gasteiger partial charge is 0.414 e. The van der Waals surface area contributed by atoms with Crippen molar-refractivity contribution >= 4 is 41.2 Å². The number of likely N-dealkylation sites (N-methyl/N-ethyl adjacent to an activating group) is 1. The Morgan fingerprint density at radius 3 is 2.58 bits per heavy atom. The van der Waals surface area contributed by atoms with Gasteiger partial charge in [-0.05, 0) is 18.1 Å². The highest BCUT2D eigenvalue weighted by Crippen LogP contribution is 2.16. The molecule has 9 heteroatoms. The van der Waals surface area contributed by atoms with Gasteiger partial charge >= 0.3 is 6.09 Å². The van der Waals surface area contributed by atoms with Gasteiger partial charge in [-0.3, -0.25) is 10.1 Å². The molecule has 2 rings (SSSR count). The van der Waals surface area contributed by atoms with Crippen molar-refractivity contribution in [2.24, 2.45) is 0 Å². The Labute approximate surface area is 161 Å². The molecule has 0 spiro atoms. The minimum Gasteiger partial charge on any atom is -0.447 e. The first-order valence-electron chi connectivity index (χ1n) is 7.84. The molecule has 0 atom stereocenters. The number of ether oxygens (including phenoxy) is 1. The molecule has 0 radical (unpaired) electrons. The lowest BCUT2D eigenvalue weighted by Gasteiger charge is -2.17. The van der Waals surface area contributed by atoms with Gasteiger partial charge in [0.15, 0.2) is 0 Å². The van der Waals surface area contributed by atoms with Crippen molar-refractivity contribution in [2.75, 3.05) is 25.5 Å². The molecule has 7 nitrogen and oxygen atoms in total. The number of hydrogen-bond acceptors (Lipinski definition) is 5. The van der Waals surface area contributed by atoms with E-state index in [-0.39, 0.29) is 25.0 Å². The number of halogens is 2. The number of aromatic nitrogens is 2. The summed E-state index contributed by atoms with van der Waals surface area (Å²) in [4.78, 5) is 32.9. The Balaban J connectivity index is 1.68. The summed E-state index contributed by atoms with van der Waals surface area (Å²) < 4.78 is 5.00. The van der Waals surface area contributed by atoms with Crippen LogP contribution >= 0.6 is 23.2 Å². The first kappa shape index (κ1) is 19.9.